The first kappa shape index (κ1) is 16.5. The Morgan fingerprint density at radius 2 is 2.20 bits per heavy atom. The average Bonchev–Trinajstić information content (AvgIpc) is 3.25. The van der Waals surface area contributed by atoms with E-state index in [0.717, 1.165) is 35.6 Å². The topological polar surface area (TPSA) is 60.5 Å². The number of nitrogens with one attached hydrogen (secondary N) is 1. The zero-order chi connectivity index (χ0) is 17.3. The largest absolute Gasteiger partial charge is 0.487 e. The maximum Gasteiger partial charge on any atom is 0.271 e. The van der Waals surface area contributed by atoms with Crippen LogP contribution in [-0.2, 0) is 11.3 Å². The molecule has 2 aliphatic rings. The molecule has 0 saturated heterocycles. The minimum atomic E-state index is -0.131. The fraction of sp³-hybridized carbons (Fsp3) is 0.474. The Bertz CT molecular complexity index is 768. The molecule has 1 atom stereocenters. The number of amides is 1. The highest BCUT2D eigenvalue weighted by Gasteiger charge is 2.43. The summed E-state index contributed by atoms with van der Waals surface area (Å²) in [5.41, 5.74) is 1.39. The number of benzene rings is 1. The van der Waals surface area contributed by atoms with Crippen molar-refractivity contribution < 1.29 is 14.3 Å². The molecule has 2 heterocycles. The highest BCUT2D eigenvalue weighted by Crippen LogP contribution is 2.47. The van der Waals surface area contributed by atoms with Gasteiger partial charge in [-0.1, -0.05) is 18.2 Å². The van der Waals surface area contributed by atoms with E-state index < -0.39 is 0 Å². The van der Waals surface area contributed by atoms with Crippen LogP contribution in [0, 0.1) is 0 Å². The number of aromatic nitrogens is 1. The number of ether oxygens (including phenoxy) is 2. The number of thiazole rings is 1. The molecular formula is C19H22N2O3S. The van der Waals surface area contributed by atoms with Crippen LogP contribution >= 0.6 is 11.3 Å². The van der Waals surface area contributed by atoms with E-state index in [9.17, 15) is 4.79 Å². The lowest BCUT2D eigenvalue weighted by Gasteiger charge is -2.40. The third kappa shape index (κ3) is 3.28. The van der Waals surface area contributed by atoms with Crippen molar-refractivity contribution in [2.24, 2.45) is 0 Å². The van der Waals surface area contributed by atoms with Gasteiger partial charge in [0.2, 0.25) is 0 Å². The lowest BCUT2D eigenvalue weighted by Crippen LogP contribution is -2.43. The summed E-state index contributed by atoms with van der Waals surface area (Å²) in [5, 5.41) is 5.79. The molecule has 0 bridgehead atoms. The molecule has 1 fully saturated rings. The number of rotatable bonds is 4. The van der Waals surface area contributed by atoms with E-state index in [-0.39, 0.29) is 17.6 Å². The Labute approximate surface area is 151 Å². The molecule has 1 unspecified atom stereocenters. The van der Waals surface area contributed by atoms with Crippen LogP contribution in [0.3, 0.4) is 0 Å². The fourth-order valence-corrected chi connectivity index (χ4v) is 4.65. The first-order chi connectivity index (χ1) is 12.2. The molecule has 1 amide bonds. The first-order valence-corrected chi connectivity index (χ1v) is 9.59. The van der Waals surface area contributed by atoms with Gasteiger partial charge < -0.3 is 14.8 Å². The van der Waals surface area contributed by atoms with Crippen molar-refractivity contribution in [2.45, 2.75) is 50.4 Å². The molecule has 5 nitrogen and oxygen atoms in total. The van der Waals surface area contributed by atoms with E-state index in [4.69, 9.17) is 9.47 Å². The van der Waals surface area contributed by atoms with Gasteiger partial charge in [-0.25, -0.2) is 4.98 Å². The quantitative estimate of drug-likeness (QED) is 0.902. The van der Waals surface area contributed by atoms with Crippen molar-refractivity contribution >= 4 is 17.2 Å². The molecule has 1 aromatic carbocycles. The number of hydrogen-bond donors (Lipinski definition) is 1. The van der Waals surface area contributed by atoms with Crippen molar-refractivity contribution in [3.8, 4) is 5.75 Å². The fourth-order valence-electron chi connectivity index (χ4n) is 3.91. The molecular weight excluding hydrogens is 336 g/mol. The highest BCUT2D eigenvalue weighted by molar-refractivity contribution is 7.09. The number of nitrogens with zero attached hydrogens (tertiary/aromatic N) is 1. The number of carbonyl (C=O) groups is 1. The average molecular weight is 358 g/mol. The minimum absolute atomic E-state index is 0.0388. The monoisotopic (exact) mass is 358 g/mol. The molecule has 25 heavy (non-hydrogen) atoms. The van der Waals surface area contributed by atoms with E-state index in [1.165, 1.54) is 24.2 Å². The third-order valence-electron chi connectivity index (χ3n) is 5.07. The summed E-state index contributed by atoms with van der Waals surface area (Å²) in [6, 6.07) is 7.99. The molecule has 1 saturated carbocycles. The van der Waals surface area contributed by atoms with Gasteiger partial charge in [0.25, 0.3) is 5.91 Å². The van der Waals surface area contributed by atoms with Gasteiger partial charge in [-0.15, -0.1) is 11.3 Å². The van der Waals surface area contributed by atoms with Gasteiger partial charge in [0.05, 0.1) is 12.6 Å². The number of fused-ring (bicyclic) bond motifs is 1. The predicted molar refractivity (Wildman–Crippen MR) is 95.9 cm³/mol. The second-order valence-corrected chi connectivity index (χ2v) is 7.76. The molecule has 1 aliphatic heterocycles. The first-order valence-electron chi connectivity index (χ1n) is 8.71. The standard InChI is InChI=1S/C19H22N2O3S/c1-23-11-17-20-15(12-25-17)18(22)21-14-10-19(8-4-5-9-19)24-16-7-3-2-6-13(14)16/h2-3,6-7,12,14H,4-5,8-11H2,1H3,(H,21,22). The molecule has 2 aromatic rings. The summed E-state index contributed by atoms with van der Waals surface area (Å²) >= 11 is 1.45. The van der Waals surface area contributed by atoms with E-state index in [1.54, 1.807) is 12.5 Å². The van der Waals surface area contributed by atoms with Gasteiger partial charge in [0.15, 0.2) is 0 Å². The minimum Gasteiger partial charge on any atom is -0.487 e. The summed E-state index contributed by atoms with van der Waals surface area (Å²) in [7, 11) is 1.63. The summed E-state index contributed by atoms with van der Waals surface area (Å²) < 4.78 is 11.4. The van der Waals surface area contributed by atoms with Gasteiger partial charge in [-0.05, 0) is 31.7 Å². The van der Waals surface area contributed by atoms with Gasteiger partial charge in [-0.3, -0.25) is 4.79 Å². The van der Waals surface area contributed by atoms with Crippen molar-refractivity contribution in [3.63, 3.8) is 0 Å². The molecule has 6 heteroatoms. The number of para-hydroxylation sites is 1. The number of methoxy groups -OCH3 is 1. The number of carbonyl (C=O) groups excluding carboxylic acids is 1. The lowest BCUT2D eigenvalue weighted by atomic mass is 9.86. The Morgan fingerprint density at radius 3 is 3.00 bits per heavy atom. The van der Waals surface area contributed by atoms with E-state index >= 15 is 0 Å². The maximum atomic E-state index is 12.7. The van der Waals surface area contributed by atoms with Crippen LogP contribution in [0.2, 0.25) is 0 Å². The van der Waals surface area contributed by atoms with Crippen LogP contribution in [0.4, 0.5) is 0 Å². The van der Waals surface area contributed by atoms with E-state index in [0.29, 0.717) is 12.3 Å². The second-order valence-electron chi connectivity index (χ2n) is 6.82. The van der Waals surface area contributed by atoms with Crippen LogP contribution in [0.25, 0.3) is 0 Å². The second kappa shape index (κ2) is 6.77. The molecule has 0 radical (unpaired) electrons. The summed E-state index contributed by atoms with van der Waals surface area (Å²) in [6.45, 7) is 0.432. The smallest absolute Gasteiger partial charge is 0.271 e. The summed E-state index contributed by atoms with van der Waals surface area (Å²) in [6.07, 6.45) is 5.32. The van der Waals surface area contributed by atoms with Crippen LogP contribution in [0.1, 0.15) is 59.2 Å². The zero-order valence-electron chi connectivity index (χ0n) is 14.3. The number of hydrogen-bond acceptors (Lipinski definition) is 5. The van der Waals surface area contributed by atoms with Crippen molar-refractivity contribution in [1.82, 2.24) is 10.3 Å². The summed E-state index contributed by atoms with van der Waals surface area (Å²) in [4.78, 5) is 17.1. The summed E-state index contributed by atoms with van der Waals surface area (Å²) in [5.74, 6) is 0.771. The van der Waals surface area contributed by atoms with Gasteiger partial charge in [-0.2, -0.15) is 0 Å². The SMILES string of the molecule is COCc1nc(C(=O)NC2CC3(CCCC3)Oc3ccccc32)cs1. The molecule has 132 valence electrons. The van der Waals surface area contributed by atoms with E-state index in [1.807, 2.05) is 24.3 Å². The maximum absolute atomic E-state index is 12.7. The highest BCUT2D eigenvalue weighted by atomic mass is 32.1. The van der Waals surface area contributed by atoms with Crippen LogP contribution in [-0.4, -0.2) is 23.6 Å². The molecule has 1 aromatic heterocycles. The predicted octanol–water partition coefficient (Wildman–Crippen LogP) is 3.86. The molecule has 1 spiro atoms. The van der Waals surface area contributed by atoms with Gasteiger partial charge in [0, 0.05) is 24.5 Å². The van der Waals surface area contributed by atoms with Crippen LogP contribution in [0.15, 0.2) is 29.6 Å². The third-order valence-corrected chi connectivity index (χ3v) is 5.89. The Morgan fingerprint density at radius 1 is 1.40 bits per heavy atom. The Hall–Kier alpha value is -1.92. The normalized spacial score (nSPS) is 20.9. The Kier molecular flexibility index (Phi) is 4.48. The van der Waals surface area contributed by atoms with E-state index in [2.05, 4.69) is 10.3 Å². The van der Waals surface area contributed by atoms with Crippen molar-refractivity contribution in [1.29, 1.82) is 0 Å². The molecule has 4 rings (SSSR count). The van der Waals surface area contributed by atoms with Crippen molar-refractivity contribution in [2.75, 3.05) is 7.11 Å². The van der Waals surface area contributed by atoms with Gasteiger partial charge >= 0.3 is 0 Å². The zero-order valence-corrected chi connectivity index (χ0v) is 15.1. The Balaban J connectivity index is 1.56. The van der Waals surface area contributed by atoms with Gasteiger partial charge in [0.1, 0.15) is 22.1 Å². The van der Waals surface area contributed by atoms with Crippen molar-refractivity contribution in [3.05, 3.63) is 45.9 Å². The molecule has 1 aliphatic carbocycles. The van der Waals surface area contributed by atoms with Crippen LogP contribution in [0.5, 0.6) is 5.75 Å². The lowest BCUT2D eigenvalue weighted by molar-refractivity contribution is 0.0360. The molecule has 1 N–H and O–H groups in total. The van der Waals surface area contributed by atoms with Crippen LogP contribution < -0.4 is 10.1 Å².